The molecule has 0 saturated carbocycles. The highest BCUT2D eigenvalue weighted by Crippen LogP contribution is 2.38. The van der Waals surface area contributed by atoms with Gasteiger partial charge in [-0.05, 0) is 39.8 Å². The molecular formula is C15H23ClN2O3. The third-order valence-electron chi connectivity index (χ3n) is 3.79. The van der Waals surface area contributed by atoms with E-state index in [4.69, 9.17) is 4.74 Å². The zero-order valence-corrected chi connectivity index (χ0v) is 13.7. The van der Waals surface area contributed by atoms with Gasteiger partial charge in [-0.2, -0.15) is 5.06 Å². The second-order valence-corrected chi connectivity index (χ2v) is 6.61. The van der Waals surface area contributed by atoms with Crippen LogP contribution in [0.1, 0.15) is 50.9 Å². The number of nitrogens with zero attached hydrogens (tertiary/aromatic N) is 2. The molecule has 1 aliphatic rings. The van der Waals surface area contributed by atoms with Gasteiger partial charge in [0.25, 0.3) is 0 Å². The van der Waals surface area contributed by atoms with E-state index in [1.807, 2.05) is 27.7 Å². The standard InChI is InChI=1S/C15H22N2O3.ClH/c1-14(2)9-12(10-15(3,4)17(14)19)20-13(18)11-5-7-16-8-6-11;/h5-8,12,19H,9-10H2,1-4H3;1H. The molecule has 21 heavy (non-hydrogen) atoms. The minimum Gasteiger partial charge on any atom is -0.459 e. The van der Waals surface area contributed by atoms with E-state index in [2.05, 4.69) is 4.98 Å². The molecule has 2 heterocycles. The van der Waals surface area contributed by atoms with Gasteiger partial charge >= 0.3 is 5.97 Å². The summed E-state index contributed by atoms with van der Waals surface area (Å²) >= 11 is 0. The fourth-order valence-corrected chi connectivity index (χ4v) is 2.97. The molecule has 1 aromatic heterocycles. The Kier molecular flexibility index (Phi) is 5.36. The van der Waals surface area contributed by atoms with Crippen molar-refractivity contribution in [3.05, 3.63) is 30.1 Å². The predicted molar refractivity (Wildman–Crippen MR) is 81.7 cm³/mol. The molecule has 0 bridgehead atoms. The molecule has 1 fully saturated rings. The van der Waals surface area contributed by atoms with E-state index < -0.39 is 11.1 Å². The number of hydroxylamine groups is 2. The van der Waals surface area contributed by atoms with Crippen molar-refractivity contribution in [1.82, 2.24) is 10.0 Å². The van der Waals surface area contributed by atoms with Crippen molar-refractivity contribution < 1.29 is 14.7 Å². The Labute approximate surface area is 131 Å². The lowest BCUT2D eigenvalue weighted by molar-refractivity contribution is -0.256. The Bertz CT molecular complexity index is 473. The summed E-state index contributed by atoms with van der Waals surface area (Å²) in [6, 6.07) is 3.28. The number of carbonyl (C=O) groups excluding carboxylic acids is 1. The van der Waals surface area contributed by atoms with Gasteiger partial charge in [0.2, 0.25) is 0 Å². The first-order valence-corrected chi connectivity index (χ1v) is 6.83. The summed E-state index contributed by atoms with van der Waals surface area (Å²) in [5.74, 6) is -0.338. The fourth-order valence-electron chi connectivity index (χ4n) is 2.97. The van der Waals surface area contributed by atoms with Crippen molar-refractivity contribution in [1.29, 1.82) is 0 Å². The van der Waals surface area contributed by atoms with Gasteiger partial charge in [0, 0.05) is 36.3 Å². The zero-order chi connectivity index (χ0) is 15.0. The SMILES string of the molecule is CC1(C)CC(OC(=O)c2ccncc2)CC(C)(C)N1O.Cl. The molecule has 2 rings (SSSR count). The molecule has 5 nitrogen and oxygen atoms in total. The minimum absolute atomic E-state index is 0. The number of ether oxygens (including phenoxy) is 1. The molecule has 1 aliphatic heterocycles. The monoisotopic (exact) mass is 314 g/mol. The average molecular weight is 315 g/mol. The normalized spacial score (nSPS) is 21.4. The van der Waals surface area contributed by atoms with Crippen LogP contribution in [0.4, 0.5) is 0 Å². The Morgan fingerprint density at radius 2 is 1.71 bits per heavy atom. The van der Waals surface area contributed by atoms with Crippen LogP contribution in [0.25, 0.3) is 0 Å². The van der Waals surface area contributed by atoms with Gasteiger partial charge in [-0.25, -0.2) is 4.79 Å². The van der Waals surface area contributed by atoms with Gasteiger partial charge in [0.15, 0.2) is 0 Å². The first-order valence-electron chi connectivity index (χ1n) is 6.83. The molecule has 0 spiro atoms. The smallest absolute Gasteiger partial charge is 0.338 e. The lowest BCUT2D eigenvalue weighted by Crippen LogP contribution is -2.60. The zero-order valence-electron chi connectivity index (χ0n) is 12.9. The summed E-state index contributed by atoms with van der Waals surface area (Å²) < 4.78 is 5.59. The average Bonchev–Trinajstić information content (AvgIpc) is 2.36. The van der Waals surface area contributed by atoms with E-state index in [9.17, 15) is 10.0 Å². The van der Waals surface area contributed by atoms with E-state index in [-0.39, 0.29) is 24.5 Å². The summed E-state index contributed by atoms with van der Waals surface area (Å²) in [5.41, 5.74) is -0.349. The van der Waals surface area contributed by atoms with Crippen LogP contribution >= 0.6 is 12.4 Å². The quantitative estimate of drug-likeness (QED) is 0.850. The maximum atomic E-state index is 12.1. The van der Waals surface area contributed by atoms with Crippen molar-refractivity contribution in [2.45, 2.75) is 57.7 Å². The molecule has 6 heteroatoms. The second kappa shape index (κ2) is 6.30. The van der Waals surface area contributed by atoms with Crippen LogP contribution < -0.4 is 0 Å². The van der Waals surface area contributed by atoms with E-state index in [1.165, 1.54) is 5.06 Å². The maximum absolute atomic E-state index is 12.1. The number of aromatic nitrogens is 1. The van der Waals surface area contributed by atoms with Crippen molar-refractivity contribution in [3.8, 4) is 0 Å². The van der Waals surface area contributed by atoms with Crippen LogP contribution in [0.15, 0.2) is 24.5 Å². The van der Waals surface area contributed by atoms with Crippen LogP contribution in [-0.4, -0.2) is 38.4 Å². The molecule has 118 valence electrons. The molecule has 0 atom stereocenters. The number of carbonyl (C=O) groups is 1. The van der Waals surface area contributed by atoms with Gasteiger partial charge in [0.1, 0.15) is 6.10 Å². The summed E-state index contributed by atoms with van der Waals surface area (Å²) in [4.78, 5) is 16.0. The van der Waals surface area contributed by atoms with Crippen LogP contribution in [0.3, 0.4) is 0 Å². The number of hydrogen-bond acceptors (Lipinski definition) is 5. The largest absolute Gasteiger partial charge is 0.459 e. The number of halogens is 1. The molecule has 0 aromatic carbocycles. The van der Waals surface area contributed by atoms with E-state index >= 15 is 0 Å². The van der Waals surface area contributed by atoms with E-state index in [0.29, 0.717) is 18.4 Å². The van der Waals surface area contributed by atoms with Crippen LogP contribution in [0.5, 0.6) is 0 Å². The molecular weight excluding hydrogens is 292 g/mol. The fraction of sp³-hybridized carbons (Fsp3) is 0.600. The summed E-state index contributed by atoms with van der Waals surface area (Å²) in [5, 5.41) is 11.6. The topological polar surface area (TPSA) is 62.7 Å². The highest BCUT2D eigenvalue weighted by molar-refractivity contribution is 5.89. The second-order valence-electron chi connectivity index (χ2n) is 6.61. The molecule has 0 aliphatic carbocycles. The van der Waals surface area contributed by atoms with Crippen LogP contribution in [0, 0.1) is 0 Å². The van der Waals surface area contributed by atoms with Crippen molar-refractivity contribution in [3.63, 3.8) is 0 Å². The molecule has 1 saturated heterocycles. The van der Waals surface area contributed by atoms with Gasteiger partial charge in [0.05, 0.1) is 5.56 Å². The number of piperidine rings is 1. The molecule has 0 radical (unpaired) electrons. The third-order valence-corrected chi connectivity index (χ3v) is 3.79. The Hall–Kier alpha value is -1.17. The van der Waals surface area contributed by atoms with E-state index in [1.54, 1.807) is 24.5 Å². The van der Waals surface area contributed by atoms with E-state index in [0.717, 1.165) is 0 Å². The minimum atomic E-state index is -0.426. The first kappa shape index (κ1) is 17.9. The molecule has 1 aromatic rings. The van der Waals surface area contributed by atoms with Gasteiger partial charge in [-0.1, -0.05) is 0 Å². The Balaban J connectivity index is 0.00000220. The number of pyridine rings is 1. The molecule has 0 amide bonds. The third kappa shape index (κ3) is 3.93. The van der Waals surface area contributed by atoms with Crippen molar-refractivity contribution in [2.24, 2.45) is 0 Å². The first-order chi connectivity index (χ1) is 9.22. The maximum Gasteiger partial charge on any atom is 0.338 e. The van der Waals surface area contributed by atoms with Crippen LogP contribution in [0.2, 0.25) is 0 Å². The summed E-state index contributed by atoms with van der Waals surface area (Å²) in [7, 11) is 0. The Morgan fingerprint density at radius 1 is 1.24 bits per heavy atom. The Morgan fingerprint density at radius 3 is 2.19 bits per heavy atom. The number of hydrogen-bond donors (Lipinski definition) is 1. The predicted octanol–water partition coefficient (Wildman–Crippen LogP) is 3.07. The molecule has 0 unspecified atom stereocenters. The van der Waals surface area contributed by atoms with Gasteiger partial charge in [-0.15, -0.1) is 12.4 Å². The lowest BCUT2D eigenvalue weighted by atomic mass is 9.80. The highest BCUT2D eigenvalue weighted by atomic mass is 35.5. The van der Waals surface area contributed by atoms with Crippen molar-refractivity contribution >= 4 is 18.4 Å². The van der Waals surface area contributed by atoms with Gasteiger partial charge < -0.3 is 9.94 Å². The number of esters is 1. The van der Waals surface area contributed by atoms with Gasteiger partial charge in [-0.3, -0.25) is 4.98 Å². The van der Waals surface area contributed by atoms with Crippen molar-refractivity contribution in [2.75, 3.05) is 0 Å². The summed E-state index contributed by atoms with van der Waals surface area (Å²) in [6.07, 6.45) is 4.14. The summed E-state index contributed by atoms with van der Waals surface area (Å²) in [6.45, 7) is 7.78. The van der Waals surface area contributed by atoms with Crippen LogP contribution in [-0.2, 0) is 4.74 Å². The highest BCUT2D eigenvalue weighted by Gasteiger charge is 2.46. The molecule has 1 N–H and O–H groups in total. The number of rotatable bonds is 2. The lowest BCUT2D eigenvalue weighted by Gasteiger charge is -2.50.